The van der Waals surface area contributed by atoms with E-state index >= 15 is 0 Å². The van der Waals surface area contributed by atoms with Gasteiger partial charge in [-0.25, -0.2) is 0 Å². The fourth-order valence-corrected chi connectivity index (χ4v) is 12.5. The summed E-state index contributed by atoms with van der Waals surface area (Å²) in [6.45, 7) is 11.0. The number of aryl methyl sites for hydroxylation is 4. The average molecular weight is 977 g/mol. The van der Waals surface area contributed by atoms with Crippen LogP contribution in [0.5, 0.6) is 0 Å². The topological polar surface area (TPSA) is 6.48 Å². The van der Waals surface area contributed by atoms with Crippen LogP contribution >= 0.6 is 0 Å². The van der Waals surface area contributed by atoms with Crippen LogP contribution in [0.3, 0.4) is 0 Å². The van der Waals surface area contributed by atoms with Crippen LogP contribution in [0.1, 0.15) is 40.3 Å². The molecule has 0 bridgehead atoms. The summed E-state index contributed by atoms with van der Waals surface area (Å²) >= 11 is 0. The summed E-state index contributed by atoms with van der Waals surface area (Å²) in [7, 11) is 2.17. The first kappa shape index (κ1) is 46.8. The molecule has 13 aromatic rings. The molecule has 2 nitrogen and oxygen atoms in total. The number of benzene rings is 13. The van der Waals surface area contributed by atoms with Crippen molar-refractivity contribution in [3.63, 3.8) is 0 Å². The van der Waals surface area contributed by atoms with E-state index in [4.69, 9.17) is 0 Å². The highest BCUT2D eigenvalue weighted by atomic mass is 15.1. The van der Waals surface area contributed by atoms with Crippen LogP contribution in [-0.4, -0.2) is 7.05 Å². The van der Waals surface area contributed by atoms with Gasteiger partial charge in [0.1, 0.15) is 0 Å². The fraction of sp³-hybridized carbons (Fsp3) is 0.108. The van der Waals surface area contributed by atoms with E-state index in [1.807, 2.05) is 0 Å². The van der Waals surface area contributed by atoms with Gasteiger partial charge in [0.25, 0.3) is 0 Å². The lowest BCUT2D eigenvalue weighted by Crippen LogP contribution is -2.14. The Labute approximate surface area is 446 Å². The molecule has 0 amide bonds. The lowest BCUT2D eigenvalue weighted by atomic mass is 9.84. The van der Waals surface area contributed by atoms with E-state index in [2.05, 4.69) is 288 Å². The molecule has 1 atom stereocenters. The molecule has 14 rings (SSSR count). The van der Waals surface area contributed by atoms with Crippen LogP contribution in [0.4, 0.5) is 28.4 Å². The van der Waals surface area contributed by atoms with Gasteiger partial charge in [0.15, 0.2) is 0 Å². The molecule has 0 N–H and O–H groups in total. The Morgan fingerprint density at radius 3 is 1.55 bits per heavy atom. The van der Waals surface area contributed by atoms with Gasteiger partial charge in [-0.05, 0) is 158 Å². The van der Waals surface area contributed by atoms with E-state index < -0.39 is 0 Å². The van der Waals surface area contributed by atoms with Crippen molar-refractivity contribution in [2.24, 2.45) is 5.92 Å². The second kappa shape index (κ2) is 19.1. The Morgan fingerprint density at radius 2 is 0.868 bits per heavy atom. The van der Waals surface area contributed by atoms with E-state index in [0.29, 0.717) is 5.92 Å². The molecule has 0 saturated heterocycles. The first-order chi connectivity index (χ1) is 37.2. The Balaban J connectivity index is 0.000000221. The number of hydrogen-bond acceptors (Lipinski definition) is 2. The van der Waals surface area contributed by atoms with Crippen molar-refractivity contribution in [1.82, 2.24) is 0 Å². The van der Waals surface area contributed by atoms with E-state index in [-0.39, 0.29) is 0 Å². The zero-order valence-corrected chi connectivity index (χ0v) is 44.2. The van der Waals surface area contributed by atoms with Crippen LogP contribution in [0.25, 0.3) is 93.0 Å². The van der Waals surface area contributed by atoms with Gasteiger partial charge in [-0.15, -0.1) is 0 Å². The number of fused-ring (bicyclic) bond motifs is 4. The number of hydrogen-bond donors (Lipinski definition) is 0. The second-order valence-electron chi connectivity index (χ2n) is 21.2. The summed E-state index contributed by atoms with van der Waals surface area (Å²) in [6, 6.07) is 83.2. The highest BCUT2D eigenvalue weighted by Crippen LogP contribution is 2.51. The van der Waals surface area contributed by atoms with E-state index in [1.54, 1.807) is 0 Å². The zero-order valence-electron chi connectivity index (χ0n) is 44.2. The predicted octanol–water partition coefficient (Wildman–Crippen LogP) is 20.7. The molecule has 0 aliphatic heterocycles. The summed E-state index contributed by atoms with van der Waals surface area (Å²) < 4.78 is 0. The molecule has 0 radical (unpaired) electrons. The third-order valence-corrected chi connectivity index (χ3v) is 16.1. The summed E-state index contributed by atoms with van der Waals surface area (Å²) in [5.41, 5.74) is 19.0. The number of anilines is 5. The summed E-state index contributed by atoms with van der Waals surface area (Å²) in [5.74, 6) is 0.638. The molecule has 1 aliphatic carbocycles. The van der Waals surface area contributed by atoms with Crippen LogP contribution < -0.4 is 9.80 Å². The third kappa shape index (κ3) is 8.04. The Hall–Kier alpha value is -8.98. The lowest BCUT2D eigenvalue weighted by molar-refractivity contribution is 0.717. The molecule has 366 valence electrons. The smallest absolute Gasteiger partial charge is 0.0547 e. The van der Waals surface area contributed by atoms with Gasteiger partial charge in [0.05, 0.1) is 11.4 Å². The largest absolute Gasteiger partial charge is 0.344 e. The second-order valence-corrected chi connectivity index (χ2v) is 21.2. The van der Waals surface area contributed by atoms with Gasteiger partial charge >= 0.3 is 0 Å². The molecule has 0 heterocycles. The number of rotatable bonds is 7. The Bertz CT molecular complexity index is 4410. The highest BCUT2D eigenvalue weighted by Gasteiger charge is 2.25. The van der Waals surface area contributed by atoms with Crippen molar-refractivity contribution in [2.75, 3.05) is 16.8 Å². The summed E-state index contributed by atoms with van der Waals surface area (Å²) in [5, 5.41) is 15.1. The molecule has 0 saturated carbocycles. The molecule has 76 heavy (non-hydrogen) atoms. The zero-order chi connectivity index (χ0) is 51.6. The van der Waals surface area contributed by atoms with Crippen molar-refractivity contribution in [3.8, 4) is 22.3 Å². The minimum atomic E-state index is 0.638. The van der Waals surface area contributed by atoms with Crippen LogP contribution in [0.15, 0.2) is 231 Å². The van der Waals surface area contributed by atoms with Crippen molar-refractivity contribution in [1.29, 1.82) is 0 Å². The quantitative estimate of drug-likeness (QED) is 0.147. The molecular formula is C74H60N2. The molecule has 1 aliphatic rings. The monoisotopic (exact) mass is 976 g/mol. The molecule has 13 aromatic carbocycles. The molecule has 1 unspecified atom stereocenters. The minimum absolute atomic E-state index is 0.638. The van der Waals surface area contributed by atoms with Crippen molar-refractivity contribution < 1.29 is 0 Å². The van der Waals surface area contributed by atoms with Gasteiger partial charge in [-0.1, -0.05) is 224 Å². The van der Waals surface area contributed by atoms with Gasteiger partial charge in [-0.2, -0.15) is 0 Å². The van der Waals surface area contributed by atoms with E-state index in [1.165, 1.54) is 149 Å². The maximum atomic E-state index is 2.53. The van der Waals surface area contributed by atoms with Crippen molar-refractivity contribution in [3.05, 3.63) is 264 Å². The maximum Gasteiger partial charge on any atom is 0.0547 e. The molecule has 0 fully saturated rings. The van der Waals surface area contributed by atoms with E-state index in [9.17, 15) is 0 Å². The summed E-state index contributed by atoms with van der Waals surface area (Å²) in [4.78, 5) is 4.84. The van der Waals surface area contributed by atoms with Gasteiger partial charge in [-0.3, -0.25) is 0 Å². The maximum absolute atomic E-state index is 2.53. The Morgan fingerprint density at radius 1 is 0.355 bits per heavy atom. The highest BCUT2D eigenvalue weighted by molar-refractivity contribution is 6.31. The number of allylic oxidation sites excluding steroid dienone is 1. The van der Waals surface area contributed by atoms with E-state index in [0.717, 1.165) is 6.42 Å². The van der Waals surface area contributed by atoms with Crippen molar-refractivity contribution in [2.45, 2.75) is 41.0 Å². The Kier molecular flexibility index (Phi) is 11.7. The van der Waals surface area contributed by atoms with Crippen LogP contribution in [0.2, 0.25) is 0 Å². The molecular weight excluding hydrogens is 917 g/mol. The number of nitrogens with zero attached hydrogens (tertiary/aromatic N) is 2. The van der Waals surface area contributed by atoms with Crippen LogP contribution in [-0.2, 0) is 6.42 Å². The van der Waals surface area contributed by atoms with Crippen molar-refractivity contribution >= 4 is 99.1 Å². The van der Waals surface area contributed by atoms with Crippen LogP contribution in [0, 0.1) is 33.6 Å². The standard InChI is InChI=1S/C54H37N.C20H23N/c1-34-24-31-50(35(2)32-34)55(51-23-11-17-38-14-5-8-20-42(38)51)52-33-49(44-22-10-16-37-13-4-7-19-41(37)44)47-28-26-39-25-27-45(46-29-30-48(52)54(47)53(39)46)43-21-9-15-36-12-3-6-18-40(36)43;1-14-9-11-19(16(3)12-14)21(4)20-7-5-6-17-13-15(2)8-10-18(17)20/h3-33H,1-2H3;5-12,15H,13H2,1-4H3. The molecule has 2 heteroatoms. The SMILES string of the molecule is Cc1ccc(N(C)c2cccc3c2C=CC(C)C3)c(C)c1.Cc1ccc(N(c2cccc3ccccc23)c2cc(-c3cccc4ccccc34)c3ccc4ccc(-c5cccc6ccccc56)c5ccc2c3c45)c(C)c1. The normalized spacial score (nSPS) is 13.2. The van der Waals surface area contributed by atoms with Gasteiger partial charge in [0, 0.05) is 45.8 Å². The fourth-order valence-electron chi connectivity index (χ4n) is 12.5. The van der Waals surface area contributed by atoms with Gasteiger partial charge in [0.2, 0.25) is 0 Å². The first-order valence-corrected chi connectivity index (χ1v) is 26.9. The lowest BCUT2D eigenvalue weighted by Gasteiger charge is -2.31. The molecule has 0 aromatic heterocycles. The predicted molar refractivity (Wildman–Crippen MR) is 330 cm³/mol. The third-order valence-electron chi connectivity index (χ3n) is 16.1. The van der Waals surface area contributed by atoms with Gasteiger partial charge < -0.3 is 9.80 Å². The average Bonchev–Trinajstić information content (AvgIpc) is 3.56. The first-order valence-electron chi connectivity index (χ1n) is 26.9. The summed E-state index contributed by atoms with van der Waals surface area (Å²) in [6.07, 6.45) is 5.75. The molecule has 0 spiro atoms. The minimum Gasteiger partial charge on any atom is -0.344 e.